The Morgan fingerprint density at radius 3 is 1.07 bits per heavy atom. The number of alkyl halides is 7. The summed E-state index contributed by atoms with van der Waals surface area (Å²) >= 11 is 0. The first-order chi connectivity index (χ1) is 71.9. The Balaban J connectivity index is 0.000000127. The molecule has 0 radical (unpaired) electrons. The van der Waals surface area contributed by atoms with Crippen LogP contribution in [-0.4, -0.2) is 259 Å². The van der Waals surface area contributed by atoms with E-state index >= 15 is 0 Å². The molecule has 12 aliphatic rings. The van der Waals surface area contributed by atoms with Crippen molar-refractivity contribution in [3.05, 3.63) is 303 Å². The highest BCUT2D eigenvalue weighted by molar-refractivity contribution is 6.18. The van der Waals surface area contributed by atoms with Crippen molar-refractivity contribution in [1.29, 1.82) is 0 Å². The van der Waals surface area contributed by atoms with Crippen LogP contribution in [0.5, 0.6) is 0 Å². The molecule has 12 aliphatic heterocycles. The largest absolute Gasteiger partial charge is 0.433 e. The van der Waals surface area contributed by atoms with Crippen LogP contribution in [-0.2, 0) is 81.6 Å². The molecule has 0 unspecified atom stereocenters. The molecule has 3 spiro atoms. The van der Waals surface area contributed by atoms with Gasteiger partial charge in [0, 0.05) is 192 Å². The summed E-state index contributed by atoms with van der Waals surface area (Å²) in [5.41, 5.74) is 18.6. The number of rotatable bonds is 20. The van der Waals surface area contributed by atoms with E-state index in [0.29, 0.717) is 201 Å². The second kappa shape index (κ2) is 40.0. The van der Waals surface area contributed by atoms with Crippen LogP contribution in [0.2, 0.25) is 0 Å². The predicted octanol–water partition coefficient (Wildman–Crippen LogP) is 15.0. The number of likely N-dealkylation sites (tertiary alicyclic amines) is 3. The molecule has 12 aromatic rings. The highest BCUT2D eigenvalue weighted by Crippen LogP contribution is 2.49. The van der Waals surface area contributed by atoms with Crippen LogP contribution in [0.25, 0.3) is 50.8 Å². The smallest absolute Gasteiger partial charge is 0.338 e. The highest BCUT2D eigenvalue weighted by atomic mass is 19.4. The van der Waals surface area contributed by atoms with Crippen LogP contribution in [0.4, 0.5) is 47.8 Å². The predicted molar refractivity (Wildman–Crippen MR) is 548 cm³/mol. The number of benzene rings is 6. The Morgan fingerprint density at radius 1 is 0.383 bits per heavy atom. The van der Waals surface area contributed by atoms with Gasteiger partial charge in [-0.25, -0.2) is 18.7 Å². The van der Waals surface area contributed by atoms with Crippen molar-refractivity contribution in [1.82, 2.24) is 88.9 Å². The molecule has 0 aliphatic carbocycles. The van der Waals surface area contributed by atoms with E-state index in [2.05, 4.69) is 130 Å². The van der Waals surface area contributed by atoms with Crippen LogP contribution in [0.15, 0.2) is 234 Å². The number of aliphatic imine (C=N–C) groups is 3. The number of amides is 6. The van der Waals surface area contributed by atoms with Gasteiger partial charge in [0.2, 0.25) is 35.4 Å². The molecule has 6 fully saturated rings. The van der Waals surface area contributed by atoms with Crippen LogP contribution in [0, 0.1) is 16.2 Å². The van der Waals surface area contributed by atoms with E-state index in [4.69, 9.17) is 0 Å². The van der Waals surface area contributed by atoms with E-state index in [0.717, 1.165) is 142 Å². The lowest BCUT2D eigenvalue weighted by Gasteiger charge is -2.29. The summed E-state index contributed by atoms with van der Waals surface area (Å²) in [5, 5.41) is 16.9. The zero-order chi connectivity index (χ0) is 103. The Hall–Kier alpha value is -15.4. The number of nitrogens with zero attached hydrogens (tertiary/aromatic N) is 24. The second-order valence-electron chi connectivity index (χ2n) is 40.8. The summed E-state index contributed by atoms with van der Waals surface area (Å²) in [5.74, 6) is -1.24. The Kier molecular flexibility index (Phi) is 26.4. The minimum atomic E-state index is -4.56. The topological polar surface area (TPSA) is 299 Å². The number of halogens is 7. The lowest BCUT2D eigenvalue weighted by atomic mass is 9.85. The highest BCUT2D eigenvalue weighted by Gasteiger charge is 2.55. The van der Waals surface area contributed by atoms with Crippen molar-refractivity contribution in [3.8, 4) is 34.0 Å². The molecule has 6 aromatic carbocycles. The fourth-order valence-electron chi connectivity index (χ4n) is 22.9. The van der Waals surface area contributed by atoms with Crippen LogP contribution in [0.1, 0.15) is 155 Å². The molecule has 6 amide bonds. The van der Waals surface area contributed by atoms with E-state index in [1.165, 1.54) is 47.3 Å². The molecular formula is C112H109F7N24O6. The van der Waals surface area contributed by atoms with Crippen LogP contribution < -0.4 is 14.7 Å². The number of pyridine rings is 3. The van der Waals surface area contributed by atoms with Crippen molar-refractivity contribution >= 4 is 86.4 Å². The quantitative estimate of drug-likeness (QED) is 0.0640. The number of hydrogen-bond acceptors (Lipinski definition) is 21. The number of carbonyl (C=O) groups excluding carboxylic acids is 6. The second-order valence-corrected chi connectivity index (χ2v) is 40.8. The van der Waals surface area contributed by atoms with Gasteiger partial charge < -0.3 is 29.4 Å². The van der Waals surface area contributed by atoms with Crippen molar-refractivity contribution in [2.75, 3.05) is 133 Å². The number of fused-ring (bicyclic) bond motifs is 3. The maximum absolute atomic E-state index is 14.0. The monoisotopic (exact) mass is 2020 g/mol. The number of hydrogen-bond donors (Lipinski definition) is 0. The van der Waals surface area contributed by atoms with Crippen LogP contribution >= 0.6 is 0 Å². The number of aromatic nitrogens is 12. The summed E-state index contributed by atoms with van der Waals surface area (Å²) in [6.45, 7) is 12.1. The minimum Gasteiger partial charge on any atom is -0.338 e. The van der Waals surface area contributed by atoms with Crippen LogP contribution in [0.3, 0.4) is 0 Å². The van der Waals surface area contributed by atoms with Gasteiger partial charge in [-0.05, 0) is 200 Å². The zero-order valence-corrected chi connectivity index (χ0v) is 82.9. The minimum absolute atomic E-state index is 0.0306. The van der Waals surface area contributed by atoms with E-state index in [9.17, 15) is 59.5 Å². The van der Waals surface area contributed by atoms with Gasteiger partial charge in [-0.1, -0.05) is 114 Å². The van der Waals surface area contributed by atoms with Gasteiger partial charge in [-0.2, -0.15) is 32.1 Å². The maximum atomic E-state index is 14.0. The Labute approximate surface area is 855 Å². The van der Waals surface area contributed by atoms with Gasteiger partial charge in [0.15, 0.2) is 11.6 Å². The number of anilines is 3. The first-order valence-electron chi connectivity index (χ1n) is 50.5. The molecule has 24 rings (SSSR count). The molecule has 0 bridgehead atoms. The summed E-state index contributed by atoms with van der Waals surface area (Å²) < 4.78 is 99.8. The normalized spacial score (nSPS) is 20.8. The van der Waals surface area contributed by atoms with Gasteiger partial charge in [0.1, 0.15) is 35.4 Å². The molecule has 0 N–H and O–H groups in total. The SMILES string of the molecule is Cn1cc(-c2ccc(C3=CCN(C(=O)CN4CC[C@]5(CCN(c6ccc7c(c6)C(c6ccnc(C(F)(F)F)c6)=NC7)C5=O)C4)CC3)cc2)nn1.Cn1cnc(-c2ccc(C3=CCN(C(=O)CN4CC[C@]5(CCN(c6ccc7c(c6)C(c6ccnc(C(C)(F)F)c6)=NC7)C5=O)C4)CC3)cc2)n1.Cn1cnc(-c2ccc(C3=CCN(C(=O)CN4CC[C@]5(CCN(c6ccc7c(c6)C(c6ccnc(C(F)F)c6)=NC7)C5=O)C4)CC3)cc2)n1. The molecule has 0 saturated carbocycles. The fraction of sp³-hybridized carbons (Fsp3) is 0.357. The third-order valence-electron chi connectivity index (χ3n) is 31.3. The molecule has 6 saturated heterocycles. The summed E-state index contributed by atoms with van der Waals surface area (Å²) in [7, 11) is 5.54. The van der Waals surface area contributed by atoms with Gasteiger partial charge in [0.05, 0.1) is 78.8 Å². The van der Waals surface area contributed by atoms with Crippen molar-refractivity contribution < 1.29 is 59.5 Å². The first-order valence-corrected chi connectivity index (χ1v) is 50.5. The molecular weight excluding hydrogens is 1910 g/mol. The molecule has 6 aromatic heterocycles. The van der Waals surface area contributed by atoms with Gasteiger partial charge in [-0.15, -0.1) is 5.10 Å². The summed E-state index contributed by atoms with van der Waals surface area (Å²) in [6, 6.07) is 50.9. The molecule has 37 heteroatoms. The summed E-state index contributed by atoms with van der Waals surface area (Å²) in [4.78, 5) is 133. The molecule has 762 valence electrons. The Morgan fingerprint density at radius 2 is 0.732 bits per heavy atom. The zero-order valence-electron chi connectivity index (χ0n) is 82.9. The Bertz CT molecular complexity index is 7200. The van der Waals surface area contributed by atoms with E-state index in [1.54, 1.807) is 43.7 Å². The average molecular weight is 2020 g/mol. The van der Waals surface area contributed by atoms with Crippen molar-refractivity contribution in [2.45, 2.75) is 103 Å². The maximum Gasteiger partial charge on any atom is 0.433 e. The molecule has 30 nitrogen and oxygen atoms in total. The lowest BCUT2D eigenvalue weighted by molar-refractivity contribution is -0.141. The first kappa shape index (κ1) is 98.3. The average Bonchev–Trinajstić information content (AvgIpc) is 1.60. The molecule has 18 heterocycles. The fourth-order valence-corrected chi connectivity index (χ4v) is 22.9. The van der Waals surface area contributed by atoms with Gasteiger partial charge in [-0.3, -0.25) is 87.4 Å². The van der Waals surface area contributed by atoms with E-state index in [1.807, 2.05) is 143 Å². The third kappa shape index (κ3) is 20.0. The van der Waals surface area contributed by atoms with Crippen molar-refractivity contribution in [2.24, 2.45) is 52.4 Å². The summed E-state index contributed by atoms with van der Waals surface area (Å²) in [6.07, 6.45) is 14.9. The third-order valence-corrected chi connectivity index (χ3v) is 31.3. The van der Waals surface area contributed by atoms with E-state index < -0.39 is 40.5 Å². The van der Waals surface area contributed by atoms with Gasteiger partial charge in [0.25, 0.3) is 12.3 Å². The van der Waals surface area contributed by atoms with Crippen molar-refractivity contribution in [3.63, 3.8) is 0 Å². The standard InChI is InChI=1S/C38H38F2N8O2.C37H35F3N8O2.C37H36F2N8O2/c1-37(39,40)32-19-28(9-14-41-32)34-31-20-30(8-7-29(31)21-42-34)48-18-13-38(36(48)50)12-17-46(23-38)22-33(49)47-15-10-26(11-16-47)25-3-5-27(6-4-25)35-43-24-45(2)44-35;1-45-21-31(43-44-45)26-4-2-24(3-5-26)25-9-14-47(15-10-25)33(49)22-46-16-11-36(23-46)12-17-48(35(36)50)29-7-6-28-20-42-34(30(28)19-29)27-8-13-41-32(18-27)37(38,39)40;1-44-23-42-35(43-44)26-4-2-24(3-5-26)25-9-14-46(15-10-25)32(48)21-45-16-11-37(22-45)12-17-47(36(37)49)29-7-6-28-20-41-33(30(28)19-29)27-8-13-40-31(18-27)34(38)39/h3-10,14,19-20,24H,11-13,15-18,21-23H2,1-2H3;2-9,13,18-19,21H,10-12,14-17,20,22-23H2,1H3;2-9,13,18-19,23,34H,10-12,14-17,20-22H2,1H3/t38-;36-;37-/m000/s1. The number of carbonyl (C=O) groups is 6. The number of aryl methyl sites for hydroxylation is 3. The lowest BCUT2D eigenvalue weighted by Crippen LogP contribution is -2.43. The molecule has 149 heavy (non-hydrogen) atoms. The van der Waals surface area contributed by atoms with E-state index in [-0.39, 0.29) is 53.4 Å². The molecule has 3 atom stereocenters. The van der Waals surface area contributed by atoms with Gasteiger partial charge >= 0.3 is 6.18 Å².